The zero-order valence-corrected chi connectivity index (χ0v) is 13.0. The third-order valence-electron chi connectivity index (χ3n) is 4.05. The van der Waals surface area contributed by atoms with Crippen LogP contribution in [0.3, 0.4) is 0 Å². The van der Waals surface area contributed by atoms with Crippen molar-refractivity contribution < 1.29 is 9.53 Å². The molecule has 0 saturated heterocycles. The largest absolute Gasteiger partial charge is 0.456 e. The van der Waals surface area contributed by atoms with E-state index in [0.29, 0.717) is 5.92 Å². The number of hydrogen-bond donors (Lipinski definition) is 0. The first-order chi connectivity index (χ1) is 9.58. The van der Waals surface area contributed by atoms with Crippen LogP contribution in [0, 0.1) is 0 Å². The minimum absolute atomic E-state index is 0.237. The lowest BCUT2D eigenvalue weighted by Crippen LogP contribution is -2.16. The maximum Gasteiger partial charge on any atom is 0.303 e. The maximum atomic E-state index is 11.2. The second-order valence-corrected chi connectivity index (χ2v) is 6.40. The van der Waals surface area contributed by atoms with Crippen LogP contribution in [0.15, 0.2) is 24.3 Å². The highest BCUT2D eigenvalue weighted by Crippen LogP contribution is 2.34. The Bertz CT molecular complexity index is 433. The lowest BCUT2D eigenvalue weighted by atomic mass is 9.84. The molecule has 1 aromatic rings. The number of carbonyl (C=O) groups excluding carboxylic acids is 1. The van der Waals surface area contributed by atoms with Gasteiger partial charge in [-0.05, 0) is 36.8 Å². The van der Waals surface area contributed by atoms with E-state index in [0.717, 1.165) is 5.56 Å². The Balaban J connectivity index is 2.10. The van der Waals surface area contributed by atoms with Crippen LogP contribution in [0.1, 0.15) is 69.1 Å². The lowest BCUT2D eigenvalue weighted by molar-refractivity contribution is -0.146. The molecule has 1 aromatic carbocycles. The molecule has 1 aliphatic rings. The third kappa shape index (κ3) is 3.99. The van der Waals surface area contributed by atoms with Crippen molar-refractivity contribution in [3.8, 4) is 0 Å². The summed E-state index contributed by atoms with van der Waals surface area (Å²) < 4.78 is 5.31. The predicted octanol–water partition coefficient (Wildman–Crippen LogP) is 4.97. The van der Waals surface area contributed by atoms with E-state index in [9.17, 15) is 4.79 Å². The number of carbonyl (C=O) groups is 1. The highest BCUT2D eigenvalue weighted by Gasteiger charge is 2.21. The zero-order valence-electron chi connectivity index (χ0n) is 12.3. The van der Waals surface area contributed by atoms with Crippen molar-refractivity contribution in [1.29, 1.82) is 0 Å². The molecule has 2 atom stereocenters. The first-order valence-corrected chi connectivity index (χ1v) is 7.92. The van der Waals surface area contributed by atoms with Crippen LogP contribution >= 0.6 is 11.6 Å². The highest BCUT2D eigenvalue weighted by atomic mass is 35.5. The fourth-order valence-corrected chi connectivity index (χ4v) is 3.20. The molecule has 2 unspecified atom stereocenters. The Labute approximate surface area is 126 Å². The van der Waals surface area contributed by atoms with Gasteiger partial charge in [-0.15, -0.1) is 11.6 Å². The van der Waals surface area contributed by atoms with Gasteiger partial charge < -0.3 is 4.74 Å². The summed E-state index contributed by atoms with van der Waals surface area (Å²) in [6.07, 6.45) is 6.25. The molecule has 3 heteroatoms. The fourth-order valence-electron chi connectivity index (χ4n) is 3.00. The molecular weight excluding hydrogens is 272 g/mol. The van der Waals surface area contributed by atoms with Gasteiger partial charge in [-0.2, -0.15) is 0 Å². The fraction of sp³-hybridized carbons (Fsp3) is 0.588. The van der Waals surface area contributed by atoms with Crippen LogP contribution in [0.5, 0.6) is 0 Å². The van der Waals surface area contributed by atoms with Crippen LogP contribution < -0.4 is 0 Å². The van der Waals surface area contributed by atoms with E-state index >= 15 is 0 Å². The first kappa shape index (κ1) is 15.4. The average Bonchev–Trinajstić information content (AvgIpc) is 2.45. The Kier molecular flexibility index (Phi) is 5.47. The Morgan fingerprint density at radius 1 is 1.20 bits per heavy atom. The quantitative estimate of drug-likeness (QED) is 0.579. The number of esters is 1. The van der Waals surface area contributed by atoms with Gasteiger partial charge in [0.15, 0.2) is 0 Å². The van der Waals surface area contributed by atoms with Gasteiger partial charge in [0.05, 0.1) is 5.38 Å². The van der Waals surface area contributed by atoms with Gasteiger partial charge in [0, 0.05) is 6.92 Å². The lowest BCUT2D eigenvalue weighted by Gasteiger charge is -2.23. The Morgan fingerprint density at radius 2 is 1.80 bits per heavy atom. The van der Waals surface area contributed by atoms with E-state index in [2.05, 4.69) is 24.3 Å². The molecular formula is C17H23ClO2. The summed E-state index contributed by atoms with van der Waals surface area (Å²) in [6, 6.07) is 8.44. The molecule has 0 heterocycles. The van der Waals surface area contributed by atoms with Gasteiger partial charge in [0.2, 0.25) is 0 Å². The van der Waals surface area contributed by atoms with Crippen LogP contribution in [-0.2, 0) is 9.53 Å². The predicted molar refractivity (Wildman–Crippen MR) is 82.1 cm³/mol. The number of hydrogen-bond acceptors (Lipinski definition) is 2. The van der Waals surface area contributed by atoms with Crippen molar-refractivity contribution in [2.75, 3.05) is 0 Å². The molecule has 0 aromatic heterocycles. The van der Waals surface area contributed by atoms with Gasteiger partial charge >= 0.3 is 5.97 Å². The zero-order chi connectivity index (χ0) is 14.5. The normalized spacial score (nSPS) is 19.4. The molecule has 0 bridgehead atoms. The number of rotatable bonds is 4. The van der Waals surface area contributed by atoms with Crippen molar-refractivity contribution in [2.45, 2.75) is 63.4 Å². The summed E-state index contributed by atoms with van der Waals surface area (Å²) in [6.45, 7) is 3.27. The molecule has 0 radical (unpaired) electrons. The van der Waals surface area contributed by atoms with E-state index in [1.807, 2.05) is 6.92 Å². The van der Waals surface area contributed by atoms with Crippen molar-refractivity contribution in [3.63, 3.8) is 0 Å². The van der Waals surface area contributed by atoms with Gasteiger partial charge in [-0.25, -0.2) is 0 Å². The molecule has 1 aliphatic carbocycles. The van der Waals surface area contributed by atoms with Gasteiger partial charge in [-0.3, -0.25) is 4.79 Å². The van der Waals surface area contributed by atoms with Crippen LogP contribution in [0.2, 0.25) is 0 Å². The minimum atomic E-state index is -0.366. The minimum Gasteiger partial charge on any atom is -0.456 e. The number of ether oxygens (including phenoxy) is 1. The van der Waals surface area contributed by atoms with Crippen molar-refractivity contribution in [2.24, 2.45) is 0 Å². The molecule has 20 heavy (non-hydrogen) atoms. The first-order valence-electron chi connectivity index (χ1n) is 7.49. The van der Waals surface area contributed by atoms with Crippen LogP contribution in [0.4, 0.5) is 0 Å². The van der Waals surface area contributed by atoms with Crippen molar-refractivity contribution in [3.05, 3.63) is 35.4 Å². The molecule has 1 saturated carbocycles. The smallest absolute Gasteiger partial charge is 0.303 e. The van der Waals surface area contributed by atoms with Gasteiger partial charge in [-0.1, -0.05) is 43.5 Å². The van der Waals surface area contributed by atoms with Gasteiger partial charge in [0.1, 0.15) is 6.10 Å². The molecule has 0 amide bonds. The standard InChI is InChI=1S/C17H23ClO2/c1-12(18)17(20-13(2)19)16-10-8-15(9-11-16)14-6-4-3-5-7-14/h8-12,14,17H,3-7H2,1-2H3. The summed E-state index contributed by atoms with van der Waals surface area (Å²) in [7, 11) is 0. The average molecular weight is 295 g/mol. The second kappa shape index (κ2) is 7.12. The molecule has 2 nitrogen and oxygen atoms in total. The van der Waals surface area contributed by atoms with E-state index in [1.165, 1.54) is 44.6 Å². The summed E-state index contributed by atoms with van der Waals surface area (Å²) in [4.78, 5) is 11.2. The van der Waals surface area contributed by atoms with E-state index in [1.54, 1.807) is 0 Å². The number of halogens is 1. The molecule has 0 spiro atoms. The number of alkyl halides is 1. The molecule has 0 aliphatic heterocycles. The summed E-state index contributed by atoms with van der Waals surface area (Å²) in [5, 5.41) is -0.237. The van der Waals surface area contributed by atoms with E-state index in [4.69, 9.17) is 16.3 Å². The number of benzene rings is 1. The Morgan fingerprint density at radius 3 is 2.30 bits per heavy atom. The maximum absolute atomic E-state index is 11.2. The summed E-state index contributed by atoms with van der Waals surface area (Å²) in [5.41, 5.74) is 2.37. The van der Waals surface area contributed by atoms with Crippen LogP contribution in [0.25, 0.3) is 0 Å². The summed E-state index contributed by atoms with van der Waals surface area (Å²) >= 11 is 6.13. The second-order valence-electron chi connectivity index (χ2n) is 5.71. The molecule has 110 valence electrons. The molecule has 0 N–H and O–H groups in total. The third-order valence-corrected chi connectivity index (χ3v) is 4.28. The van der Waals surface area contributed by atoms with Crippen molar-refractivity contribution >= 4 is 17.6 Å². The SMILES string of the molecule is CC(=O)OC(c1ccc(C2CCCCC2)cc1)C(C)Cl. The molecule has 1 fully saturated rings. The Hall–Kier alpha value is -1.02. The molecule has 2 rings (SSSR count). The van der Waals surface area contributed by atoms with Crippen molar-refractivity contribution in [1.82, 2.24) is 0 Å². The van der Waals surface area contributed by atoms with Gasteiger partial charge in [0.25, 0.3) is 0 Å². The summed E-state index contributed by atoms with van der Waals surface area (Å²) in [5.74, 6) is 0.400. The van der Waals surface area contributed by atoms with E-state index < -0.39 is 0 Å². The van der Waals surface area contributed by atoms with E-state index in [-0.39, 0.29) is 17.5 Å². The monoisotopic (exact) mass is 294 g/mol. The topological polar surface area (TPSA) is 26.3 Å². The highest BCUT2D eigenvalue weighted by molar-refractivity contribution is 6.20. The van der Waals surface area contributed by atoms with Crippen LogP contribution in [-0.4, -0.2) is 11.3 Å².